The molecular formula is C32H37N3O2. The first-order chi connectivity index (χ1) is 17.9. The highest BCUT2D eigenvalue weighted by Gasteiger charge is 2.49. The van der Waals surface area contributed by atoms with Crippen LogP contribution in [0.2, 0.25) is 0 Å². The van der Waals surface area contributed by atoms with Gasteiger partial charge in [0.25, 0.3) is 5.91 Å². The third-order valence-electron chi connectivity index (χ3n) is 9.31. The smallest absolute Gasteiger partial charge is 0.251 e. The fraction of sp³-hybridized carbons (Fsp3) is 0.438. The second-order valence-electron chi connectivity index (χ2n) is 11.6. The summed E-state index contributed by atoms with van der Waals surface area (Å²) in [4.78, 5) is 19.8. The van der Waals surface area contributed by atoms with Crippen LogP contribution in [0.15, 0.2) is 60.8 Å². The lowest BCUT2D eigenvalue weighted by Crippen LogP contribution is -2.58. The summed E-state index contributed by atoms with van der Waals surface area (Å²) in [7, 11) is 0. The molecule has 2 fully saturated rings. The van der Waals surface area contributed by atoms with E-state index in [1.165, 1.54) is 49.0 Å². The Morgan fingerprint density at radius 2 is 1.89 bits per heavy atom. The average molecular weight is 496 g/mol. The molecule has 2 N–H and O–H groups in total. The summed E-state index contributed by atoms with van der Waals surface area (Å²) in [5.74, 6) is 1.57. The summed E-state index contributed by atoms with van der Waals surface area (Å²) in [6, 6.07) is 18.8. The van der Waals surface area contributed by atoms with Gasteiger partial charge in [0.05, 0.1) is 0 Å². The van der Waals surface area contributed by atoms with Gasteiger partial charge in [0.15, 0.2) is 0 Å². The maximum Gasteiger partial charge on any atom is 0.251 e. The summed E-state index contributed by atoms with van der Waals surface area (Å²) in [6.07, 6.45) is 7.54. The predicted molar refractivity (Wildman–Crippen MR) is 147 cm³/mol. The molecule has 3 atom stereocenters. The Balaban J connectivity index is 1.09. The minimum atomic E-state index is 0.0131. The van der Waals surface area contributed by atoms with Crippen molar-refractivity contribution in [2.45, 2.75) is 57.4 Å². The minimum Gasteiger partial charge on any atom is -0.493 e. The van der Waals surface area contributed by atoms with E-state index in [9.17, 15) is 9.90 Å². The Hall–Kier alpha value is -3.18. The topological polar surface area (TPSA) is 65.5 Å². The Kier molecular flexibility index (Phi) is 6.28. The van der Waals surface area contributed by atoms with Crippen molar-refractivity contribution in [1.29, 1.82) is 0 Å². The van der Waals surface area contributed by atoms with Crippen molar-refractivity contribution in [3.63, 3.8) is 0 Å². The van der Waals surface area contributed by atoms with E-state index in [1.807, 2.05) is 12.1 Å². The van der Waals surface area contributed by atoms with Crippen LogP contribution in [0, 0.1) is 11.8 Å². The lowest BCUT2D eigenvalue weighted by atomic mass is 9.59. The van der Waals surface area contributed by atoms with Gasteiger partial charge >= 0.3 is 0 Å². The number of rotatable bonds is 7. The number of carbonyl (C=O) groups excluding carboxylic acids is 1. The first-order valence-corrected chi connectivity index (χ1v) is 13.8. The van der Waals surface area contributed by atoms with Crippen LogP contribution in [-0.2, 0) is 18.3 Å². The normalized spacial score (nSPS) is 24.9. The molecule has 2 aromatic carbocycles. The van der Waals surface area contributed by atoms with Crippen molar-refractivity contribution < 1.29 is 9.90 Å². The number of hydrogen-bond donors (Lipinski definition) is 2. The van der Waals surface area contributed by atoms with Crippen molar-refractivity contribution in [3.05, 3.63) is 83.0 Å². The van der Waals surface area contributed by atoms with Gasteiger partial charge in [-0.05, 0) is 96.4 Å². The van der Waals surface area contributed by atoms with Gasteiger partial charge in [-0.1, -0.05) is 44.2 Å². The van der Waals surface area contributed by atoms with E-state index in [-0.39, 0.29) is 17.2 Å². The van der Waals surface area contributed by atoms with Gasteiger partial charge in [0.1, 0.15) is 0 Å². The molecule has 0 radical (unpaired) electrons. The fourth-order valence-corrected chi connectivity index (χ4v) is 6.55. The second kappa shape index (κ2) is 9.60. The van der Waals surface area contributed by atoms with Gasteiger partial charge in [0.2, 0.25) is 5.88 Å². The van der Waals surface area contributed by atoms with Crippen LogP contribution in [0.3, 0.4) is 0 Å². The van der Waals surface area contributed by atoms with E-state index in [2.05, 4.69) is 65.4 Å². The average Bonchev–Trinajstić information content (AvgIpc) is 3.73. The van der Waals surface area contributed by atoms with Crippen LogP contribution >= 0.6 is 0 Å². The van der Waals surface area contributed by atoms with Crippen LogP contribution in [0.5, 0.6) is 5.88 Å². The monoisotopic (exact) mass is 495 g/mol. The number of fused-ring (bicyclic) bond motifs is 4. The highest BCUT2D eigenvalue weighted by atomic mass is 16.3. The SMILES string of the molecule is C[C@H]1[C@H]2Cc3ccc(C(=O)NCCc4ccc(-c5ccc(O)nc5)cc4)cc3[C@]1(C)CCN2CC1CC1. The number of piperidine rings is 1. The molecule has 3 aromatic rings. The molecule has 3 aliphatic rings. The highest BCUT2D eigenvalue weighted by molar-refractivity contribution is 5.94. The van der Waals surface area contributed by atoms with E-state index in [4.69, 9.17) is 0 Å². The molecule has 2 heterocycles. The summed E-state index contributed by atoms with van der Waals surface area (Å²) in [6.45, 7) is 7.92. The lowest BCUT2D eigenvalue weighted by molar-refractivity contribution is 0.0284. The molecule has 192 valence electrons. The fourth-order valence-electron chi connectivity index (χ4n) is 6.55. The molecule has 2 bridgehead atoms. The molecule has 1 saturated carbocycles. The third-order valence-corrected chi connectivity index (χ3v) is 9.31. The first-order valence-electron chi connectivity index (χ1n) is 13.8. The Bertz CT molecular complexity index is 1280. The maximum atomic E-state index is 13.1. The molecule has 0 spiro atoms. The first kappa shape index (κ1) is 24.2. The number of pyridine rings is 1. The molecule has 6 rings (SSSR count). The number of aromatic nitrogens is 1. The van der Waals surface area contributed by atoms with E-state index >= 15 is 0 Å². The number of hydrogen-bond acceptors (Lipinski definition) is 4. The molecule has 37 heavy (non-hydrogen) atoms. The second-order valence-corrected chi connectivity index (χ2v) is 11.6. The molecule has 2 aliphatic carbocycles. The van der Waals surface area contributed by atoms with E-state index in [0.29, 0.717) is 18.5 Å². The van der Waals surface area contributed by atoms with E-state index < -0.39 is 0 Å². The van der Waals surface area contributed by atoms with Crippen molar-refractivity contribution in [1.82, 2.24) is 15.2 Å². The zero-order valence-corrected chi connectivity index (χ0v) is 21.9. The molecule has 1 saturated heterocycles. The zero-order chi connectivity index (χ0) is 25.6. The molecule has 1 aliphatic heterocycles. The minimum absolute atomic E-state index is 0.0131. The van der Waals surface area contributed by atoms with Crippen molar-refractivity contribution in [2.75, 3.05) is 19.6 Å². The number of carbonyl (C=O) groups is 1. The summed E-state index contributed by atoms with van der Waals surface area (Å²) in [5, 5.41) is 12.5. The number of nitrogens with one attached hydrogen (secondary N) is 1. The van der Waals surface area contributed by atoms with Crippen LogP contribution in [0.1, 0.15) is 60.2 Å². The van der Waals surface area contributed by atoms with Crippen LogP contribution in [0.4, 0.5) is 0 Å². The van der Waals surface area contributed by atoms with Gasteiger partial charge in [-0.15, -0.1) is 0 Å². The number of likely N-dealkylation sites (tertiary alicyclic amines) is 1. The van der Waals surface area contributed by atoms with Crippen LogP contribution in [-0.4, -0.2) is 46.6 Å². The Morgan fingerprint density at radius 1 is 1.11 bits per heavy atom. The highest BCUT2D eigenvalue weighted by Crippen LogP contribution is 2.49. The van der Waals surface area contributed by atoms with Gasteiger partial charge < -0.3 is 10.4 Å². The van der Waals surface area contributed by atoms with Crippen molar-refractivity contribution >= 4 is 5.91 Å². The van der Waals surface area contributed by atoms with Gasteiger partial charge in [-0.2, -0.15) is 0 Å². The number of nitrogens with zero attached hydrogens (tertiary/aromatic N) is 2. The van der Waals surface area contributed by atoms with Crippen molar-refractivity contribution in [3.8, 4) is 17.0 Å². The van der Waals surface area contributed by atoms with Gasteiger partial charge in [-0.3, -0.25) is 9.69 Å². The van der Waals surface area contributed by atoms with Crippen LogP contribution < -0.4 is 5.32 Å². The number of benzene rings is 2. The molecular weight excluding hydrogens is 458 g/mol. The maximum absolute atomic E-state index is 13.1. The standard InChI is InChI=1S/C32H37N3O2/c1-21-29-18-25-9-10-26(17-28(25)32(21,2)14-16-35(29)20-23-3-4-23)31(37)33-15-13-22-5-7-24(8-6-22)27-11-12-30(36)34-19-27/h5-12,17,19,21,23,29H,3-4,13-16,18,20H2,1-2H3,(H,33,37)(H,34,36)/t21-,29+,32+/m0/s1. The molecule has 5 nitrogen and oxygen atoms in total. The largest absolute Gasteiger partial charge is 0.493 e. The summed E-state index contributed by atoms with van der Waals surface area (Å²) in [5.41, 5.74) is 6.95. The number of amides is 1. The molecule has 5 heteroatoms. The summed E-state index contributed by atoms with van der Waals surface area (Å²) < 4.78 is 0. The van der Waals surface area contributed by atoms with Gasteiger partial charge in [-0.25, -0.2) is 4.98 Å². The van der Waals surface area contributed by atoms with Gasteiger partial charge in [0, 0.05) is 42.5 Å². The van der Waals surface area contributed by atoms with E-state index in [1.54, 1.807) is 12.3 Å². The van der Waals surface area contributed by atoms with Crippen molar-refractivity contribution in [2.24, 2.45) is 11.8 Å². The van der Waals surface area contributed by atoms with Crippen LogP contribution in [0.25, 0.3) is 11.1 Å². The predicted octanol–water partition coefficient (Wildman–Crippen LogP) is 5.36. The Morgan fingerprint density at radius 3 is 2.62 bits per heavy atom. The lowest BCUT2D eigenvalue weighted by Gasteiger charge is -2.55. The van der Waals surface area contributed by atoms with E-state index in [0.717, 1.165) is 35.4 Å². The quantitative estimate of drug-likeness (QED) is 0.463. The molecule has 1 aromatic heterocycles. The summed E-state index contributed by atoms with van der Waals surface area (Å²) >= 11 is 0. The molecule has 1 amide bonds. The Labute approximate surface area is 219 Å². The number of aromatic hydroxyl groups is 1. The third kappa shape index (κ3) is 4.77. The zero-order valence-electron chi connectivity index (χ0n) is 21.9. The molecule has 0 unspecified atom stereocenters.